The third-order valence-electron chi connectivity index (χ3n) is 6.33. The number of nitrogens with zero attached hydrogens (tertiary/aromatic N) is 4. The van der Waals surface area contributed by atoms with E-state index in [1.807, 2.05) is 25.7 Å². The van der Waals surface area contributed by atoms with E-state index < -0.39 is 0 Å². The number of anilines is 1. The summed E-state index contributed by atoms with van der Waals surface area (Å²) >= 11 is 6.72. The first kappa shape index (κ1) is 27.9. The average molecular weight is 531 g/mol. The zero-order chi connectivity index (χ0) is 26.6. The first-order chi connectivity index (χ1) is 17.1. The van der Waals surface area contributed by atoms with Crippen LogP contribution < -0.4 is 10.5 Å². The van der Waals surface area contributed by atoms with Crippen molar-refractivity contribution >= 4 is 52.1 Å². The normalized spacial score (nSPS) is 19.4. The molecule has 3 rings (SSSR count). The first-order valence-corrected chi connectivity index (χ1v) is 13.7. The van der Waals surface area contributed by atoms with E-state index in [-0.39, 0.29) is 34.8 Å². The van der Waals surface area contributed by atoms with Crippen LogP contribution in [-0.4, -0.2) is 51.9 Å². The van der Waals surface area contributed by atoms with Gasteiger partial charge in [0.2, 0.25) is 0 Å². The largest absolute Gasteiger partial charge is 0.466 e. The van der Waals surface area contributed by atoms with Crippen LogP contribution in [0.25, 0.3) is 6.08 Å². The summed E-state index contributed by atoms with van der Waals surface area (Å²) in [5, 5.41) is 9.83. The van der Waals surface area contributed by atoms with Crippen LogP contribution >= 0.6 is 24.0 Å². The summed E-state index contributed by atoms with van der Waals surface area (Å²) in [4.78, 5) is 43.3. The van der Waals surface area contributed by atoms with Crippen molar-refractivity contribution in [2.24, 2.45) is 11.8 Å². The molecule has 0 radical (unpaired) electrons. The summed E-state index contributed by atoms with van der Waals surface area (Å²) < 4.78 is 7.40. The molecule has 10 heteroatoms. The molecule has 1 aromatic heterocycles. The van der Waals surface area contributed by atoms with Crippen molar-refractivity contribution in [2.45, 2.75) is 60.4 Å². The van der Waals surface area contributed by atoms with E-state index in [0.717, 1.165) is 6.42 Å². The van der Waals surface area contributed by atoms with Crippen molar-refractivity contribution in [3.05, 3.63) is 31.9 Å². The van der Waals surface area contributed by atoms with Crippen molar-refractivity contribution < 1.29 is 14.3 Å². The van der Waals surface area contributed by atoms with Crippen molar-refractivity contribution in [3.63, 3.8) is 0 Å². The maximum Gasteiger partial charge on any atom is 0.310 e. The number of aromatic nitrogens is 1. The number of carbonyl (C=O) groups excluding carboxylic acids is 2. The lowest BCUT2D eigenvalue weighted by molar-refractivity contribution is -0.148. The minimum atomic E-state index is -0.352. The molecule has 0 saturated carbocycles. The second-order valence-corrected chi connectivity index (χ2v) is 11.2. The highest BCUT2D eigenvalue weighted by molar-refractivity contribution is 8.26. The molecule has 3 heterocycles. The summed E-state index contributed by atoms with van der Waals surface area (Å²) in [5.41, 5.74) is 0.885. The Morgan fingerprint density at radius 1 is 1.33 bits per heavy atom. The van der Waals surface area contributed by atoms with Crippen LogP contribution in [-0.2, 0) is 20.9 Å². The number of amides is 1. The Balaban J connectivity index is 2.19. The van der Waals surface area contributed by atoms with E-state index in [0.29, 0.717) is 71.8 Å². The molecule has 0 aliphatic carbocycles. The van der Waals surface area contributed by atoms with Gasteiger partial charge in [0.1, 0.15) is 21.8 Å². The number of thiocarbonyl (C=S) groups is 1. The number of hydrogen-bond acceptors (Lipinski definition) is 8. The first-order valence-electron chi connectivity index (χ1n) is 12.5. The van der Waals surface area contributed by atoms with Gasteiger partial charge in [0, 0.05) is 31.7 Å². The van der Waals surface area contributed by atoms with Gasteiger partial charge < -0.3 is 9.64 Å². The highest BCUT2D eigenvalue weighted by Crippen LogP contribution is 2.37. The standard InChI is InChI=1S/C26H34N4O4S2/c1-6-10-29-22(28-11-8-9-18(15-28)25(33)34-7-2)19(17(5)20(13-27)23(29)31)12-21-24(32)30(14-16(3)4)26(35)36-21/h12,16,18H,6-11,14-15H2,1-5H3/b21-12-. The third kappa shape index (κ3) is 5.68. The van der Waals surface area contributed by atoms with Gasteiger partial charge in [-0.2, -0.15) is 5.26 Å². The second-order valence-electron chi connectivity index (χ2n) is 9.53. The maximum absolute atomic E-state index is 13.4. The van der Waals surface area contributed by atoms with E-state index in [9.17, 15) is 19.6 Å². The van der Waals surface area contributed by atoms with Gasteiger partial charge in [-0.05, 0) is 50.7 Å². The molecule has 194 valence electrons. The van der Waals surface area contributed by atoms with Crippen molar-refractivity contribution in [1.82, 2.24) is 9.47 Å². The number of piperidine rings is 1. The SMILES string of the molecule is CCCn1c(N2CCCC(C(=O)OCC)C2)c(/C=C2\SC(=S)N(CC(C)C)C2=O)c(C)c(C#N)c1=O. The molecule has 1 aromatic rings. The van der Waals surface area contributed by atoms with Gasteiger partial charge in [0.05, 0.1) is 17.4 Å². The Morgan fingerprint density at radius 2 is 2.06 bits per heavy atom. The lowest BCUT2D eigenvalue weighted by Crippen LogP contribution is -2.43. The van der Waals surface area contributed by atoms with E-state index in [4.69, 9.17) is 17.0 Å². The fourth-order valence-electron chi connectivity index (χ4n) is 4.69. The Labute approximate surface area is 222 Å². The molecule has 1 unspecified atom stereocenters. The molecule has 36 heavy (non-hydrogen) atoms. The summed E-state index contributed by atoms with van der Waals surface area (Å²) in [6.07, 6.45) is 3.93. The molecular formula is C26H34N4O4S2. The van der Waals surface area contributed by atoms with E-state index >= 15 is 0 Å². The molecule has 0 bridgehead atoms. The maximum atomic E-state index is 13.4. The number of pyridine rings is 1. The zero-order valence-electron chi connectivity index (χ0n) is 21.6. The number of rotatable bonds is 8. The van der Waals surface area contributed by atoms with Gasteiger partial charge in [-0.1, -0.05) is 44.8 Å². The number of esters is 1. The van der Waals surface area contributed by atoms with Crippen LogP contribution in [0.3, 0.4) is 0 Å². The second kappa shape index (κ2) is 12.1. The van der Waals surface area contributed by atoms with Crippen LogP contribution in [0.15, 0.2) is 9.70 Å². The average Bonchev–Trinajstić information content (AvgIpc) is 3.09. The Hall–Kier alpha value is -2.64. The van der Waals surface area contributed by atoms with E-state index in [1.54, 1.807) is 29.4 Å². The number of thioether (sulfide) groups is 1. The van der Waals surface area contributed by atoms with E-state index in [1.165, 1.54) is 11.8 Å². The molecule has 2 saturated heterocycles. The summed E-state index contributed by atoms with van der Waals surface area (Å²) in [6.45, 7) is 11.9. The number of hydrogen-bond donors (Lipinski definition) is 0. The molecule has 0 aromatic carbocycles. The van der Waals surface area contributed by atoms with Gasteiger partial charge in [0.25, 0.3) is 11.5 Å². The predicted molar refractivity (Wildman–Crippen MR) is 147 cm³/mol. The molecular weight excluding hydrogens is 496 g/mol. The van der Waals surface area contributed by atoms with Gasteiger partial charge >= 0.3 is 5.97 Å². The monoisotopic (exact) mass is 530 g/mol. The summed E-state index contributed by atoms with van der Waals surface area (Å²) in [5.74, 6) is 0.180. The molecule has 2 aliphatic rings. The van der Waals surface area contributed by atoms with Crippen molar-refractivity contribution in [3.8, 4) is 6.07 Å². The van der Waals surface area contributed by atoms with Crippen molar-refractivity contribution in [1.29, 1.82) is 5.26 Å². The Morgan fingerprint density at radius 3 is 2.67 bits per heavy atom. The predicted octanol–water partition coefficient (Wildman–Crippen LogP) is 4.08. The van der Waals surface area contributed by atoms with Crippen LogP contribution in [0.5, 0.6) is 0 Å². The molecule has 2 aliphatic heterocycles. The highest BCUT2D eigenvalue weighted by Gasteiger charge is 2.35. The summed E-state index contributed by atoms with van der Waals surface area (Å²) in [7, 11) is 0. The van der Waals surface area contributed by atoms with Gasteiger partial charge in [0.15, 0.2) is 0 Å². The van der Waals surface area contributed by atoms with E-state index in [2.05, 4.69) is 6.07 Å². The van der Waals surface area contributed by atoms with Crippen LogP contribution in [0.1, 0.15) is 63.6 Å². The third-order valence-corrected chi connectivity index (χ3v) is 7.71. The van der Waals surface area contributed by atoms with Crippen LogP contribution in [0.4, 0.5) is 5.82 Å². The zero-order valence-corrected chi connectivity index (χ0v) is 23.3. The molecule has 0 spiro atoms. The van der Waals surface area contributed by atoms with Gasteiger partial charge in [-0.15, -0.1) is 0 Å². The smallest absolute Gasteiger partial charge is 0.310 e. The number of nitriles is 1. The van der Waals surface area contributed by atoms with Gasteiger partial charge in [-0.3, -0.25) is 23.9 Å². The number of ether oxygens (including phenoxy) is 1. The lowest BCUT2D eigenvalue weighted by atomic mass is 9.96. The quantitative estimate of drug-likeness (QED) is 0.282. The summed E-state index contributed by atoms with van der Waals surface area (Å²) in [6, 6.07) is 2.07. The van der Waals surface area contributed by atoms with Crippen molar-refractivity contribution in [2.75, 3.05) is 31.1 Å². The molecule has 8 nitrogen and oxygen atoms in total. The van der Waals surface area contributed by atoms with Gasteiger partial charge in [-0.25, -0.2) is 0 Å². The van der Waals surface area contributed by atoms with Crippen LogP contribution in [0, 0.1) is 30.1 Å². The highest BCUT2D eigenvalue weighted by atomic mass is 32.2. The topological polar surface area (TPSA) is 95.6 Å². The number of carbonyl (C=O) groups is 2. The Bertz CT molecular complexity index is 1180. The minimum absolute atomic E-state index is 0.0649. The molecule has 2 fully saturated rings. The fourth-order valence-corrected chi connectivity index (χ4v) is 5.95. The molecule has 0 N–H and O–H groups in total. The lowest BCUT2D eigenvalue weighted by Gasteiger charge is -2.36. The Kier molecular flexibility index (Phi) is 9.36. The molecule has 1 atom stereocenters. The van der Waals surface area contributed by atoms with Crippen LogP contribution in [0.2, 0.25) is 0 Å². The minimum Gasteiger partial charge on any atom is -0.466 e. The molecule has 1 amide bonds. The fraction of sp³-hybridized carbons (Fsp3) is 0.577.